The van der Waals surface area contributed by atoms with Crippen LogP contribution in [0.25, 0.3) is 0 Å². The molecular formula is C11H12N2O3S. The summed E-state index contributed by atoms with van der Waals surface area (Å²) in [6, 6.07) is 3.77. The number of nitrogen functional groups attached to an aromatic ring is 1. The highest BCUT2D eigenvalue weighted by Gasteiger charge is 2.16. The minimum Gasteiger partial charge on any atom is -0.476 e. The number of aryl methyl sites for hydroxylation is 3. The maximum absolute atomic E-state index is 10.9. The largest absolute Gasteiger partial charge is 0.476 e. The first kappa shape index (κ1) is 11.7. The molecule has 0 saturated heterocycles. The third-order valence-electron chi connectivity index (χ3n) is 2.31. The molecule has 17 heavy (non-hydrogen) atoms. The number of carbonyl (C=O) groups is 1. The fourth-order valence-electron chi connectivity index (χ4n) is 1.56. The number of aromatic carboxylic acids is 1. The second-order valence-corrected chi connectivity index (χ2v) is 4.76. The molecule has 0 saturated carbocycles. The summed E-state index contributed by atoms with van der Waals surface area (Å²) >= 11 is 1.21. The van der Waals surface area contributed by atoms with E-state index in [0.29, 0.717) is 17.7 Å². The summed E-state index contributed by atoms with van der Waals surface area (Å²) in [5.41, 5.74) is 5.56. The van der Waals surface area contributed by atoms with E-state index in [0.717, 1.165) is 11.5 Å². The molecule has 2 aromatic heterocycles. The van der Waals surface area contributed by atoms with E-state index < -0.39 is 5.97 Å². The fraction of sp³-hybridized carbons (Fsp3) is 0.273. The topological polar surface area (TPSA) is 89.3 Å². The molecule has 2 heterocycles. The fourth-order valence-corrected chi connectivity index (χ4v) is 2.39. The molecule has 5 nitrogen and oxygen atoms in total. The van der Waals surface area contributed by atoms with Crippen molar-refractivity contribution in [2.45, 2.75) is 19.8 Å². The van der Waals surface area contributed by atoms with Crippen molar-refractivity contribution in [2.75, 3.05) is 5.73 Å². The lowest BCUT2D eigenvalue weighted by Crippen LogP contribution is -2.02. The van der Waals surface area contributed by atoms with Gasteiger partial charge in [-0.15, -0.1) is 11.3 Å². The Hall–Kier alpha value is -1.82. The van der Waals surface area contributed by atoms with Gasteiger partial charge in [0.2, 0.25) is 0 Å². The first-order chi connectivity index (χ1) is 8.06. The summed E-state index contributed by atoms with van der Waals surface area (Å²) in [7, 11) is 0. The van der Waals surface area contributed by atoms with Crippen LogP contribution in [0.5, 0.6) is 0 Å². The van der Waals surface area contributed by atoms with Crippen LogP contribution in [0.3, 0.4) is 0 Å². The van der Waals surface area contributed by atoms with Crippen LogP contribution in [-0.2, 0) is 12.8 Å². The molecule has 0 fully saturated rings. The van der Waals surface area contributed by atoms with Crippen molar-refractivity contribution < 1.29 is 14.3 Å². The van der Waals surface area contributed by atoms with E-state index >= 15 is 0 Å². The van der Waals surface area contributed by atoms with Crippen molar-refractivity contribution in [3.05, 3.63) is 34.2 Å². The number of carboxylic acid groups (broad SMARTS) is 1. The zero-order valence-corrected chi connectivity index (χ0v) is 10.1. The molecule has 90 valence electrons. The summed E-state index contributed by atoms with van der Waals surface area (Å²) in [5.74, 6) is 0.650. The van der Waals surface area contributed by atoms with Crippen molar-refractivity contribution in [1.29, 1.82) is 0 Å². The first-order valence-corrected chi connectivity index (χ1v) is 5.91. The summed E-state index contributed by atoms with van der Waals surface area (Å²) in [6.45, 7) is 1.87. The van der Waals surface area contributed by atoms with Gasteiger partial charge in [0.15, 0.2) is 10.8 Å². The van der Waals surface area contributed by atoms with Crippen molar-refractivity contribution in [1.82, 2.24) is 4.98 Å². The van der Waals surface area contributed by atoms with E-state index in [1.165, 1.54) is 11.3 Å². The minimum absolute atomic E-state index is 0.0516. The van der Waals surface area contributed by atoms with Gasteiger partial charge < -0.3 is 15.3 Å². The molecule has 6 heteroatoms. The molecule has 0 spiro atoms. The Labute approximate surface area is 102 Å². The van der Waals surface area contributed by atoms with Crippen molar-refractivity contribution in [3.63, 3.8) is 0 Å². The molecule has 0 aromatic carbocycles. The quantitative estimate of drug-likeness (QED) is 0.869. The van der Waals surface area contributed by atoms with E-state index in [4.69, 9.17) is 15.3 Å². The number of aromatic nitrogens is 1. The number of hydrogen-bond acceptors (Lipinski definition) is 5. The predicted molar refractivity (Wildman–Crippen MR) is 64.3 cm³/mol. The molecule has 0 radical (unpaired) electrons. The molecule has 0 aliphatic rings. The summed E-state index contributed by atoms with van der Waals surface area (Å²) < 4.78 is 5.42. The van der Waals surface area contributed by atoms with E-state index in [9.17, 15) is 4.79 Å². The monoisotopic (exact) mass is 252 g/mol. The minimum atomic E-state index is -1.04. The third kappa shape index (κ3) is 2.65. The Kier molecular flexibility index (Phi) is 3.14. The highest BCUT2D eigenvalue weighted by molar-refractivity contribution is 7.15. The van der Waals surface area contributed by atoms with Crippen LogP contribution in [0.2, 0.25) is 0 Å². The van der Waals surface area contributed by atoms with Crippen LogP contribution in [0.4, 0.5) is 5.13 Å². The van der Waals surface area contributed by atoms with Crippen molar-refractivity contribution in [2.24, 2.45) is 0 Å². The second kappa shape index (κ2) is 4.58. The molecular weight excluding hydrogens is 240 g/mol. The van der Waals surface area contributed by atoms with Gasteiger partial charge in [0, 0.05) is 11.3 Å². The summed E-state index contributed by atoms with van der Waals surface area (Å²) in [6.07, 6.45) is 1.22. The van der Waals surface area contributed by atoms with Gasteiger partial charge >= 0.3 is 5.97 Å². The van der Waals surface area contributed by atoms with E-state index in [1.54, 1.807) is 0 Å². The molecule has 0 unspecified atom stereocenters. The highest BCUT2D eigenvalue weighted by atomic mass is 32.1. The normalized spacial score (nSPS) is 10.6. The van der Waals surface area contributed by atoms with Gasteiger partial charge in [-0.25, -0.2) is 9.78 Å². The van der Waals surface area contributed by atoms with Crippen LogP contribution in [0.15, 0.2) is 16.5 Å². The Bertz CT molecular complexity index is 545. The lowest BCUT2D eigenvalue weighted by atomic mass is 10.2. The van der Waals surface area contributed by atoms with Crippen molar-refractivity contribution in [3.8, 4) is 0 Å². The Morgan fingerprint density at radius 2 is 2.29 bits per heavy atom. The number of carboxylic acids is 1. The van der Waals surface area contributed by atoms with Gasteiger partial charge in [-0.1, -0.05) is 0 Å². The average Bonchev–Trinajstić information content (AvgIpc) is 2.82. The van der Waals surface area contributed by atoms with Gasteiger partial charge in [-0.2, -0.15) is 0 Å². The number of rotatable bonds is 4. The zero-order chi connectivity index (χ0) is 12.4. The van der Waals surface area contributed by atoms with E-state index in [2.05, 4.69) is 4.98 Å². The Morgan fingerprint density at radius 1 is 1.53 bits per heavy atom. The number of thiazole rings is 1. The average molecular weight is 252 g/mol. The number of furan rings is 1. The van der Waals surface area contributed by atoms with Crippen LogP contribution >= 0.6 is 11.3 Å². The molecule has 0 aliphatic carbocycles. The SMILES string of the molecule is Cc1ccc(CCc2sc(N)nc2C(=O)O)o1. The second-order valence-electron chi connectivity index (χ2n) is 3.64. The maximum Gasteiger partial charge on any atom is 0.355 e. The lowest BCUT2D eigenvalue weighted by Gasteiger charge is -1.96. The Morgan fingerprint density at radius 3 is 2.88 bits per heavy atom. The number of nitrogens with zero attached hydrogens (tertiary/aromatic N) is 1. The van der Waals surface area contributed by atoms with E-state index in [1.807, 2.05) is 19.1 Å². The van der Waals surface area contributed by atoms with Crippen LogP contribution in [-0.4, -0.2) is 16.1 Å². The molecule has 2 rings (SSSR count). The molecule has 2 aromatic rings. The molecule has 0 aliphatic heterocycles. The number of nitrogens with two attached hydrogens (primary N) is 1. The predicted octanol–water partition coefficient (Wildman–Crippen LogP) is 2.11. The van der Waals surface area contributed by atoms with Crippen LogP contribution in [0, 0.1) is 6.92 Å². The van der Waals surface area contributed by atoms with Crippen molar-refractivity contribution >= 4 is 22.4 Å². The molecule has 0 amide bonds. The first-order valence-electron chi connectivity index (χ1n) is 5.10. The molecule has 3 N–H and O–H groups in total. The van der Waals surface area contributed by atoms with E-state index in [-0.39, 0.29) is 10.8 Å². The smallest absolute Gasteiger partial charge is 0.355 e. The number of anilines is 1. The molecule has 0 bridgehead atoms. The summed E-state index contributed by atoms with van der Waals surface area (Å²) in [5, 5.41) is 9.23. The van der Waals surface area contributed by atoms with Gasteiger partial charge in [0.1, 0.15) is 11.5 Å². The third-order valence-corrected chi connectivity index (χ3v) is 3.26. The molecule has 0 atom stereocenters. The van der Waals surface area contributed by atoms with Gasteiger partial charge in [-0.3, -0.25) is 0 Å². The highest BCUT2D eigenvalue weighted by Crippen LogP contribution is 2.22. The Balaban J connectivity index is 2.11. The summed E-state index contributed by atoms with van der Waals surface area (Å²) in [4.78, 5) is 15.4. The van der Waals surface area contributed by atoms with Gasteiger partial charge in [0.05, 0.1) is 0 Å². The maximum atomic E-state index is 10.9. The standard InChI is InChI=1S/C11H12N2O3S/c1-6-2-3-7(16-6)4-5-8-9(10(14)15)13-11(12)17-8/h2-3H,4-5H2,1H3,(H2,12,13)(H,14,15). The van der Waals surface area contributed by atoms with Gasteiger partial charge in [-0.05, 0) is 25.5 Å². The van der Waals surface area contributed by atoms with Gasteiger partial charge in [0.25, 0.3) is 0 Å². The van der Waals surface area contributed by atoms with Crippen LogP contribution < -0.4 is 5.73 Å². The van der Waals surface area contributed by atoms with Crippen LogP contribution in [0.1, 0.15) is 26.9 Å². The number of hydrogen-bond donors (Lipinski definition) is 2. The lowest BCUT2D eigenvalue weighted by molar-refractivity contribution is 0.0690. The zero-order valence-electron chi connectivity index (χ0n) is 9.27.